The second-order valence-corrected chi connectivity index (χ2v) is 5.50. The van der Waals surface area contributed by atoms with Crippen LogP contribution in [0.15, 0.2) is 18.3 Å². The summed E-state index contributed by atoms with van der Waals surface area (Å²) in [6, 6.07) is 4.66. The van der Waals surface area contributed by atoms with Crippen molar-refractivity contribution in [2.45, 2.75) is 45.9 Å². The number of hydrogen-bond donors (Lipinski definition) is 1. The Morgan fingerprint density at radius 3 is 3.16 bits per heavy atom. The van der Waals surface area contributed by atoms with Crippen LogP contribution in [0.3, 0.4) is 0 Å². The van der Waals surface area contributed by atoms with Crippen molar-refractivity contribution in [1.29, 1.82) is 0 Å². The molecule has 0 spiro atoms. The topological polar surface area (TPSA) is 37.4 Å². The SMILES string of the molecule is CC(C)NCc1cccnc1N1CCCOC(C)C1. The Hall–Kier alpha value is -1.13. The van der Waals surface area contributed by atoms with Crippen LogP contribution in [0.5, 0.6) is 0 Å². The molecule has 4 nitrogen and oxygen atoms in total. The summed E-state index contributed by atoms with van der Waals surface area (Å²) in [5, 5.41) is 3.47. The van der Waals surface area contributed by atoms with Crippen molar-refractivity contribution in [2.24, 2.45) is 0 Å². The molecule has 1 aromatic heterocycles. The van der Waals surface area contributed by atoms with Crippen molar-refractivity contribution in [3.63, 3.8) is 0 Å². The number of nitrogens with one attached hydrogen (secondary N) is 1. The van der Waals surface area contributed by atoms with Crippen molar-refractivity contribution in [3.8, 4) is 0 Å². The van der Waals surface area contributed by atoms with E-state index >= 15 is 0 Å². The zero-order valence-electron chi connectivity index (χ0n) is 12.2. The van der Waals surface area contributed by atoms with Gasteiger partial charge in [0.05, 0.1) is 6.10 Å². The first-order valence-corrected chi connectivity index (χ1v) is 7.20. The molecule has 19 heavy (non-hydrogen) atoms. The van der Waals surface area contributed by atoms with Crippen molar-refractivity contribution < 1.29 is 4.74 Å². The molecule has 1 fully saturated rings. The van der Waals surface area contributed by atoms with E-state index in [4.69, 9.17) is 4.74 Å². The lowest BCUT2D eigenvalue weighted by Crippen LogP contribution is -2.32. The molecule has 1 atom stereocenters. The molecule has 0 amide bonds. The van der Waals surface area contributed by atoms with Crippen molar-refractivity contribution >= 4 is 5.82 Å². The van der Waals surface area contributed by atoms with E-state index in [0.29, 0.717) is 6.04 Å². The van der Waals surface area contributed by atoms with E-state index in [0.717, 1.165) is 38.5 Å². The fourth-order valence-corrected chi connectivity index (χ4v) is 2.35. The first-order chi connectivity index (χ1) is 9.16. The molecule has 1 N–H and O–H groups in total. The second-order valence-electron chi connectivity index (χ2n) is 5.50. The molecule has 1 unspecified atom stereocenters. The minimum absolute atomic E-state index is 0.274. The van der Waals surface area contributed by atoms with Crippen molar-refractivity contribution in [1.82, 2.24) is 10.3 Å². The summed E-state index contributed by atoms with van der Waals surface area (Å²) in [6.07, 6.45) is 3.22. The molecule has 0 aliphatic carbocycles. The van der Waals surface area contributed by atoms with Crippen molar-refractivity contribution in [3.05, 3.63) is 23.9 Å². The maximum Gasteiger partial charge on any atom is 0.133 e. The number of aromatic nitrogens is 1. The molecule has 1 aromatic rings. The highest BCUT2D eigenvalue weighted by Crippen LogP contribution is 2.20. The highest BCUT2D eigenvalue weighted by molar-refractivity contribution is 5.47. The first kappa shape index (κ1) is 14.3. The van der Waals surface area contributed by atoms with Gasteiger partial charge in [-0.2, -0.15) is 0 Å². The minimum atomic E-state index is 0.274. The molecule has 4 heteroatoms. The standard InChI is InChI=1S/C15H25N3O/c1-12(2)17-10-14-6-4-7-16-15(14)18-8-5-9-19-13(3)11-18/h4,6-7,12-13,17H,5,8-11H2,1-3H3. The predicted octanol–water partition coefficient (Wildman–Crippen LogP) is 2.19. The first-order valence-electron chi connectivity index (χ1n) is 7.20. The van der Waals surface area contributed by atoms with Crippen molar-refractivity contribution in [2.75, 3.05) is 24.6 Å². The fraction of sp³-hybridized carbons (Fsp3) is 0.667. The summed E-state index contributed by atoms with van der Waals surface area (Å²) in [7, 11) is 0. The summed E-state index contributed by atoms with van der Waals surface area (Å²) in [5.41, 5.74) is 1.27. The fourth-order valence-electron chi connectivity index (χ4n) is 2.35. The van der Waals surface area contributed by atoms with Gasteiger partial charge in [-0.05, 0) is 19.4 Å². The average molecular weight is 263 g/mol. The smallest absolute Gasteiger partial charge is 0.133 e. The summed E-state index contributed by atoms with van der Waals surface area (Å²) in [5.74, 6) is 1.10. The molecule has 106 valence electrons. The Morgan fingerprint density at radius 1 is 1.53 bits per heavy atom. The van der Waals surface area contributed by atoms with Gasteiger partial charge < -0.3 is 15.0 Å². The van der Waals surface area contributed by atoms with Crippen LogP contribution < -0.4 is 10.2 Å². The van der Waals surface area contributed by atoms with Gasteiger partial charge >= 0.3 is 0 Å². The average Bonchev–Trinajstić information content (AvgIpc) is 2.61. The quantitative estimate of drug-likeness (QED) is 0.903. The van der Waals surface area contributed by atoms with Gasteiger partial charge in [0, 0.05) is 44.0 Å². The monoisotopic (exact) mass is 263 g/mol. The molecular weight excluding hydrogens is 238 g/mol. The molecule has 0 radical (unpaired) electrons. The Bertz CT molecular complexity index is 395. The Morgan fingerprint density at radius 2 is 2.37 bits per heavy atom. The third-order valence-corrected chi connectivity index (χ3v) is 3.32. The highest BCUT2D eigenvalue weighted by atomic mass is 16.5. The summed E-state index contributed by atoms with van der Waals surface area (Å²) < 4.78 is 5.71. The third-order valence-electron chi connectivity index (χ3n) is 3.32. The van der Waals surface area contributed by atoms with Gasteiger partial charge in [0.25, 0.3) is 0 Å². The van der Waals surface area contributed by atoms with E-state index in [-0.39, 0.29) is 6.10 Å². The van der Waals surface area contributed by atoms with Gasteiger partial charge in [-0.1, -0.05) is 19.9 Å². The molecule has 0 aromatic carbocycles. The van der Waals surface area contributed by atoms with Crippen LogP contribution in [-0.4, -0.2) is 36.8 Å². The predicted molar refractivity (Wildman–Crippen MR) is 78.5 cm³/mol. The third kappa shape index (κ3) is 4.18. The van der Waals surface area contributed by atoms with E-state index in [9.17, 15) is 0 Å². The van der Waals surface area contributed by atoms with Gasteiger partial charge in [-0.3, -0.25) is 0 Å². The molecular formula is C15H25N3O. The highest BCUT2D eigenvalue weighted by Gasteiger charge is 2.18. The lowest BCUT2D eigenvalue weighted by Gasteiger charge is -2.25. The molecule has 0 bridgehead atoms. The number of pyridine rings is 1. The van der Waals surface area contributed by atoms with Crippen LogP contribution in [0, 0.1) is 0 Å². The maximum absolute atomic E-state index is 5.71. The van der Waals surface area contributed by atoms with Crippen LogP contribution in [0.1, 0.15) is 32.8 Å². The maximum atomic E-state index is 5.71. The zero-order chi connectivity index (χ0) is 13.7. The van der Waals surface area contributed by atoms with Crippen LogP contribution in [-0.2, 0) is 11.3 Å². The molecule has 1 aliphatic heterocycles. The number of rotatable bonds is 4. The van der Waals surface area contributed by atoms with E-state index in [1.807, 2.05) is 12.3 Å². The summed E-state index contributed by atoms with van der Waals surface area (Å²) in [4.78, 5) is 6.94. The van der Waals surface area contributed by atoms with Crippen LogP contribution >= 0.6 is 0 Å². The Kier molecular flexibility index (Phi) is 5.16. The lowest BCUT2D eigenvalue weighted by molar-refractivity contribution is 0.0820. The van der Waals surface area contributed by atoms with E-state index in [1.54, 1.807) is 0 Å². The van der Waals surface area contributed by atoms with Crippen LogP contribution in [0.2, 0.25) is 0 Å². The van der Waals surface area contributed by atoms with E-state index in [2.05, 4.69) is 42.0 Å². The molecule has 1 aliphatic rings. The van der Waals surface area contributed by atoms with Gasteiger partial charge in [-0.15, -0.1) is 0 Å². The Labute approximate surface area is 116 Å². The number of anilines is 1. The minimum Gasteiger partial charge on any atom is -0.377 e. The van der Waals surface area contributed by atoms with E-state index < -0.39 is 0 Å². The molecule has 0 saturated carbocycles. The Balaban J connectivity index is 2.13. The summed E-state index contributed by atoms with van der Waals surface area (Å²) in [6.45, 7) is 10.1. The molecule has 2 heterocycles. The normalized spacial score (nSPS) is 20.6. The van der Waals surface area contributed by atoms with Crippen LogP contribution in [0.4, 0.5) is 5.82 Å². The molecule has 1 saturated heterocycles. The molecule has 2 rings (SSSR count). The van der Waals surface area contributed by atoms with Crippen LogP contribution in [0.25, 0.3) is 0 Å². The van der Waals surface area contributed by atoms with Gasteiger partial charge in [0.2, 0.25) is 0 Å². The largest absolute Gasteiger partial charge is 0.377 e. The van der Waals surface area contributed by atoms with Gasteiger partial charge in [0.15, 0.2) is 0 Å². The lowest BCUT2D eigenvalue weighted by atomic mass is 10.2. The number of nitrogens with zero attached hydrogens (tertiary/aromatic N) is 2. The number of hydrogen-bond acceptors (Lipinski definition) is 4. The number of ether oxygens (including phenoxy) is 1. The summed E-state index contributed by atoms with van der Waals surface area (Å²) >= 11 is 0. The second kappa shape index (κ2) is 6.87. The van der Waals surface area contributed by atoms with Gasteiger partial charge in [0.1, 0.15) is 5.82 Å². The van der Waals surface area contributed by atoms with E-state index in [1.165, 1.54) is 5.56 Å². The zero-order valence-corrected chi connectivity index (χ0v) is 12.2. The van der Waals surface area contributed by atoms with Gasteiger partial charge in [-0.25, -0.2) is 4.98 Å².